The van der Waals surface area contributed by atoms with E-state index in [-0.39, 0.29) is 15.3 Å². The van der Waals surface area contributed by atoms with E-state index in [0.29, 0.717) is 15.9 Å². The van der Waals surface area contributed by atoms with Gasteiger partial charge in [0, 0.05) is 5.69 Å². The lowest BCUT2D eigenvalue weighted by Crippen LogP contribution is -2.16. The number of nitrogens with zero attached hydrogens (tertiary/aromatic N) is 2. The zero-order chi connectivity index (χ0) is 14.9. The molecule has 1 aromatic heterocycles. The molecule has 0 amide bonds. The molecule has 0 aliphatic rings. The first-order valence-corrected chi connectivity index (χ1v) is 8.44. The van der Waals surface area contributed by atoms with Crippen molar-refractivity contribution >= 4 is 53.4 Å². The van der Waals surface area contributed by atoms with Gasteiger partial charge in [-0.1, -0.05) is 6.07 Å². The number of nitrogen functional groups attached to an aromatic ring is 1. The Hall–Kier alpha value is -1.19. The Morgan fingerprint density at radius 2 is 2.00 bits per heavy atom. The summed E-state index contributed by atoms with van der Waals surface area (Å²) >= 11 is 6.29. The molecule has 1 heterocycles. The molecule has 2 rings (SSSR count). The molecule has 0 fully saturated rings. The molecule has 3 N–H and O–H groups in total. The van der Waals surface area contributed by atoms with Gasteiger partial charge in [-0.05, 0) is 56.5 Å². The fourth-order valence-corrected chi connectivity index (χ4v) is 3.85. The van der Waals surface area contributed by atoms with Gasteiger partial charge >= 0.3 is 0 Å². The zero-order valence-corrected chi connectivity index (χ0v) is 14.3. The smallest absolute Gasteiger partial charge is 0.263 e. The van der Waals surface area contributed by atoms with Crippen LogP contribution in [0.3, 0.4) is 0 Å². The van der Waals surface area contributed by atoms with Gasteiger partial charge in [0.1, 0.15) is 4.60 Å². The van der Waals surface area contributed by atoms with E-state index in [0.717, 1.165) is 0 Å². The predicted octanol–water partition coefficient (Wildman–Crippen LogP) is 2.69. The van der Waals surface area contributed by atoms with Crippen LogP contribution < -0.4 is 10.5 Å². The van der Waals surface area contributed by atoms with Crippen LogP contribution in [0.25, 0.3) is 0 Å². The van der Waals surface area contributed by atoms with Crippen molar-refractivity contribution in [3.8, 4) is 0 Å². The minimum atomic E-state index is -3.78. The highest BCUT2D eigenvalue weighted by molar-refractivity contribution is 9.11. The fraction of sp³-hybridized carbons (Fsp3) is 0.0909. The molecule has 0 bridgehead atoms. The normalized spacial score (nSPS) is 11.3. The molecule has 0 aliphatic carbocycles. The van der Waals surface area contributed by atoms with Crippen molar-refractivity contribution in [2.75, 3.05) is 10.5 Å². The van der Waals surface area contributed by atoms with Crippen LogP contribution in [-0.2, 0) is 10.0 Å². The van der Waals surface area contributed by atoms with E-state index in [1.54, 1.807) is 19.1 Å². The Morgan fingerprint density at radius 1 is 1.30 bits per heavy atom. The second-order valence-corrected chi connectivity index (χ2v) is 7.12. The Bertz CT molecular complexity index is 765. The molecule has 0 saturated heterocycles. The van der Waals surface area contributed by atoms with Crippen LogP contribution in [0.5, 0.6) is 0 Å². The van der Waals surface area contributed by atoms with Crippen LogP contribution in [-0.4, -0.2) is 18.4 Å². The summed E-state index contributed by atoms with van der Waals surface area (Å²) in [6.07, 6.45) is 1.40. The van der Waals surface area contributed by atoms with Gasteiger partial charge in [0.2, 0.25) is 0 Å². The maximum atomic E-state index is 12.3. The first-order chi connectivity index (χ1) is 9.31. The Kier molecular flexibility index (Phi) is 4.31. The van der Waals surface area contributed by atoms with E-state index < -0.39 is 10.0 Å². The van der Waals surface area contributed by atoms with Crippen molar-refractivity contribution in [1.29, 1.82) is 0 Å². The number of aromatic nitrogens is 2. The molecule has 9 heteroatoms. The highest BCUT2D eigenvalue weighted by atomic mass is 79.9. The average Bonchev–Trinajstić information content (AvgIpc) is 2.36. The number of nitrogens with one attached hydrogen (secondary N) is 1. The third kappa shape index (κ3) is 3.10. The molecule has 0 saturated carbocycles. The second-order valence-electron chi connectivity index (χ2n) is 3.91. The van der Waals surface area contributed by atoms with E-state index in [4.69, 9.17) is 5.73 Å². The largest absolute Gasteiger partial charge is 0.398 e. The standard InChI is InChI=1S/C11H10Br2N4O2S/c1-6-7(14)3-2-4-8(6)20(18,19)17-11-10(13)16-9(12)5-15-11/h2-5H,14H2,1H3,(H,15,17). The Balaban J connectivity index is 2.44. The van der Waals surface area contributed by atoms with Gasteiger partial charge in [0.25, 0.3) is 10.0 Å². The number of halogens is 2. The lowest BCUT2D eigenvalue weighted by atomic mass is 10.2. The summed E-state index contributed by atoms with van der Waals surface area (Å²) in [6.45, 7) is 1.65. The molecule has 106 valence electrons. The molecule has 1 aromatic carbocycles. The lowest BCUT2D eigenvalue weighted by molar-refractivity contribution is 0.600. The van der Waals surface area contributed by atoms with Crippen LogP contribution in [0.15, 0.2) is 38.5 Å². The number of nitrogens with two attached hydrogens (primary N) is 1. The van der Waals surface area contributed by atoms with E-state index in [9.17, 15) is 8.42 Å². The summed E-state index contributed by atoms with van der Waals surface area (Å²) in [5.74, 6) is 0.107. The Morgan fingerprint density at radius 3 is 2.65 bits per heavy atom. The molecule has 2 aromatic rings. The highest BCUT2D eigenvalue weighted by Crippen LogP contribution is 2.25. The van der Waals surface area contributed by atoms with Crippen molar-refractivity contribution < 1.29 is 8.42 Å². The van der Waals surface area contributed by atoms with E-state index in [1.165, 1.54) is 12.3 Å². The minimum absolute atomic E-state index is 0.106. The van der Waals surface area contributed by atoms with Crippen LogP contribution in [0.2, 0.25) is 0 Å². The quantitative estimate of drug-likeness (QED) is 0.742. The van der Waals surface area contributed by atoms with Crippen LogP contribution >= 0.6 is 31.9 Å². The van der Waals surface area contributed by atoms with Crippen LogP contribution in [0.4, 0.5) is 11.5 Å². The van der Waals surface area contributed by atoms with Gasteiger partial charge in [-0.3, -0.25) is 4.72 Å². The third-order valence-electron chi connectivity index (χ3n) is 2.55. The van der Waals surface area contributed by atoms with Gasteiger partial charge in [0.05, 0.1) is 11.1 Å². The van der Waals surface area contributed by atoms with Crippen molar-refractivity contribution in [1.82, 2.24) is 9.97 Å². The summed E-state index contributed by atoms with van der Waals surface area (Å²) in [5, 5.41) is 0. The van der Waals surface area contributed by atoms with Crippen molar-refractivity contribution in [3.05, 3.63) is 39.2 Å². The minimum Gasteiger partial charge on any atom is -0.398 e. The molecular weight excluding hydrogens is 412 g/mol. The maximum Gasteiger partial charge on any atom is 0.263 e. The molecule has 0 radical (unpaired) electrons. The zero-order valence-electron chi connectivity index (χ0n) is 10.3. The van der Waals surface area contributed by atoms with E-state index in [2.05, 4.69) is 46.5 Å². The van der Waals surface area contributed by atoms with Gasteiger partial charge in [-0.15, -0.1) is 0 Å². The number of rotatable bonds is 3. The summed E-state index contributed by atoms with van der Waals surface area (Å²) < 4.78 is 27.8. The highest BCUT2D eigenvalue weighted by Gasteiger charge is 2.20. The Labute approximate surface area is 133 Å². The monoisotopic (exact) mass is 420 g/mol. The van der Waals surface area contributed by atoms with Gasteiger partial charge < -0.3 is 5.73 Å². The summed E-state index contributed by atoms with van der Waals surface area (Å²) in [6, 6.07) is 4.71. The topological polar surface area (TPSA) is 98.0 Å². The summed E-state index contributed by atoms with van der Waals surface area (Å²) in [7, 11) is -3.78. The van der Waals surface area contributed by atoms with Crippen molar-refractivity contribution in [3.63, 3.8) is 0 Å². The third-order valence-corrected chi connectivity index (χ3v) is 4.97. The fourth-order valence-electron chi connectivity index (χ4n) is 1.52. The predicted molar refractivity (Wildman–Crippen MR) is 83.8 cm³/mol. The summed E-state index contributed by atoms with van der Waals surface area (Å²) in [5.41, 5.74) is 6.62. The maximum absolute atomic E-state index is 12.3. The first kappa shape index (κ1) is 15.2. The van der Waals surface area contributed by atoms with Crippen LogP contribution in [0.1, 0.15) is 5.56 Å². The lowest BCUT2D eigenvalue weighted by Gasteiger charge is -2.11. The van der Waals surface area contributed by atoms with Crippen LogP contribution in [0, 0.1) is 6.92 Å². The molecule has 0 spiro atoms. The molecule has 20 heavy (non-hydrogen) atoms. The second kappa shape index (κ2) is 5.66. The number of sulfonamides is 1. The number of anilines is 2. The SMILES string of the molecule is Cc1c(N)cccc1S(=O)(=O)Nc1ncc(Br)nc1Br. The average molecular weight is 422 g/mol. The number of hydrogen-bond donors (Lipinski definition) is 2. The number of benzene rings is 1. The van der Waals surface area contributed by atoms with Gasteiger partial charge in [0.15, 0.2) is 10.4 Å². The molecular formula is C11H10Br2N4O2S. The van der Waals surface area contributed by atoms with Gasteiger partial charge in [-0.2, -0.15) is 0 Å². The van der Waals surface area contributed by atoms with E-state index >= 15 is 0 Å². The summed E-state index contributed by atoms with van der Waals surface area (Å²) in [4.78, 5) is 8.08. The van der Waals surface area contributed by atoms with Gasteiger partial charge in [-0.25, -0.2) is 18.4 Å². The molecule has 0 aliphatic heterocycles. The molecule has 6 nitrogen and oxygen atoms in total. The van der Waals surface area contributed by atoms with E-state index in [1.807, 2.05) is 0 Å². The first-order valence-electron chi connectivity index (χ1n) is 5.37. The van der Waals surface area contributed by atoms with Crippen molar-refractivity contribution in [2.45, 2.75) is 11.8 Å². The molecule has 0 atom stereocenters. The number of hydrogen-bond acceptors (Lipinski definition) is 5. The molecule has 0 unspecified atom stereocenters. The van der Waals surface area contributed by atoms with Crippen molar-refractivity contribution in [2.24, 2.45) is 0 Å².